The lowest BCUT2D eigenvalue weighted by molar-refractivity contribution is -0.145. The van der Waals surface area contributed by atoms with E-state index in [1.165, 1.54) is 0 Å². The topological polar surface area (TPSA) is 64.2 Å². The predicted molar refractivity (Wildman–Crippen MR) is 91.9 cm³/mol. The fourth-order valence-corrected chi connectivity index (χ4v) is 2.58. The van der Waals surface area contributed by atoms with Crippen molar-refractivity contribution in [3.63, 3.8) is 0 Å². The lowest BCUT2D eigenvalue weighted by Crippen LogP contribution is -2.10. The van der Waals surface area contributed by atoms with Gasteiger partial charge in [-0.1, -0.05) is 24.3 Å². The molecule has 5 heteroatoms. The summed E-state index contributed by atoms with van der Waals surface area (Å²) in [6.07, 6.45) is 1.97. The maximum absolute atomic E-state index is 11.9. The number of hydrogen-bond donors (Lipinski definition) is 1. The number of para-hydroxylation sites is 1. The molecule has 0 amide bonds. The number of nitrogens with zero attached hydrogens (tertiary/aromatic N) is 1. The number of aromatic amines is 1. The van der Waals surface area contributed by atoms with Crippen LogP contribution >= 0.6 is 0 Å². The lowest BCUT2D eigenvalue weighted by Gasteiger charge is -2.11. The summed E-state index contributed by atoms with van der Waals surface area (Å²) in [4.78, 5) is 11.9. The van der Waals surface area contributed by atoms with E-state index in [1.807, 2.05) is 50.2 Å². The van der Waals surface area contributed by atoms with Crippen molar-refractivity contribution in [3.8, 4) is 5.75 Å². The third-order valence-corrected chi connectivity index (χ3v) is 3.87. The number of aromatic nitrogens is 2. The van der Waals surface area contributed by atoms with Crippen LogP contribution in [0.5, 0.6) is 5.75 Å². The molecule has 3 rings (SSSR count). The Labute approximate surface area is 140 Å². The molecule has 3 aromatic rings. The predicted octanol–water partition coefficient (Wildman–Crippen LogP) is 3.69. The lowest BCUT2D eigenvalue weighted by atomic mass is 10.1. The van der Waals surface area contributed by atoms with Gasteiger partial charge in [0.15, 0.2) is 0 Å². The second-order valence-electron chi connectivity index (χ2n) is 5.77. The molecule has 0 saturated carbocycles. The highest BCUT2D eigenvalue weighted by Crippen LogP contribution is 2.22. The van der Waals surface area contributed by atoms with Crippen molar-refractivity contribution in [1.29, 1.82) is 0 Å². The molecule has 0 bridgehead atoms. The summed E-state index contributed by atoms with van der Waals surface area (Å²) in [5, 5.41) is 7.86. The van der Waals surface area contributed by atoms with Crippen LogP contribution in [0.25, 0.3) is 10.9 Å². The van der Waals surface area contributed by atoms with Crippen molar-refractivity contribution >= 4 is 16.9 Å². The Bertz CT molecular complexity index is 834. The van der Waals surface area contributed by atoms with Crippen LogP contribution < -0.4 is 4.74 Å². The summed E-state index contributed by atoms with van der Waals surface area (Å²) in [6.45, 7) is 4.55. The molecule has 0 atom stereocenters. The van der Waals surface area contributed by atoms with Gasteiger partial charge in [-0.3, -0.25) is 9.89 Å². The van der Waals surface area contributed by atoms with Crippen molar-refractivity contribution in [2.45, 2.75) is 26.9 Å². The SMILES string of the molecule is Cc1cccc(C)c1OCCC(=O)OCc1ccc2[nH]ncc2c1. The van der Waals surface area contributed by atoms with E-state index in [4.69, 9.17) is 9.47 Å². The number of fused-ring (bicyclic) bond motifs is 1. The number of H-pyrrole nitrogens is 1. The summed E-state index contributed by atoms with van der Waals surface area (Å²) in [5.74, 6) is 0.573. The fraction of sp³-hybridized carbons (Fsp3) is 0.263. The first-order chi connectivity index (χ1) is 11.6. The zero-order valence-electron chi connectivity index (χ0n) is 13.8. The smallest absolute Gasteiger partial charge is 0.309 e. The van der Waals surface area contributed by atoms with Gasteiger partial charge in [0, 0.05) is 5.39 Å². The summed E-state index contributed by atoms with van der Waals surface area (Å²) in [5.41, 5.74) is 4.04. The average Bonchev–Trinajstić information content (AvgIpc) is 3.03. The van der Waals surface area contributed by atoms with Gasteiger partial charge < -0.3 is 9.47 Å². The van der Waals surface area contributed by atoms with E-state index in [2.05, 4.69) is 10.2 Å². The number of carbonyl (C=O) groups is 1. The normalized spacial score (nSPS) is 10.8. The van der Waals surface area contributed by atoms with Crippen LogP contribution in [0.15, 0.2) is 42.6 Å². The second kappa shape index (κ2) is 7.17. The van der Waals surface area contributed by atoms with Crippen molar-refractivity contribution in [1.82, 2.24) is 10.2 Å². The number of benzene rings is 2. The molecule has 0 spiro atoms. The van der Waals surface area contributed by atoms with Gasteiger partial charge in [0.05, 0.1) is 24.7 Å². The van der Waals surface area contributed by atoms with Crippen molar-refractivity contribution < 1.29 is 14.3 Å². The Morgan fingerprint density at radius 3 is 2.75 bits per heavy atom. The third-order valence-electron chi connectivity index (χ3n) is 3.87. The largest absolute Gasteiger partial charge is 0.492 e. The minimum atomic E-state index is -0.270. The number of carbonyl (C=O) groups excluding carboxylic acids is 1. The molecular formula is C19H20N2O3. The molecule has 0 aliphatic rings. The molecule has 0 fully saturated rings. The van der Waals surface area contributed by atoms with Gasteiger partial charge in [-0.25, -0.2) is 0 Å². The first kappa shape index (κ1) is 16.1. The van der Waals surface area contributed by atoms with E-state index in [0.29, 0.717) is 6.61 Å². The number of rotatable bonds is 6. The van der Waals surface area contributed by atoms with Gasteiger partial charge in [-0.05, 0) is 42.7 Å². The second-order valence-corrected chi connectivity index (χ2v) is 5.77. The van der Waals surface area contributed by atoms with Gasteiger partial charge in [0.1, 0.15) is 12.4 Å². The van der Waals surface area contributed by atoms with Crippen LogP contribution in [0.1, 0.15) is 23.1 Å². The average molecular weight is 324 g/mol. The Balaban J connectivity index is 1.47. The highest BCUT2D eigenvalue weighted by molar-refractivity contribution is 5.78. The first-order valence-electron chi connectivity index (χ1n) is 7.90. The van der Waals surface area contributed by atoms with E-state index in [-0.39, 0.29) is 19.0 Å². The summed E-state index contributed by atoms with van der Waals surface area (Å²) >= 11 is 0. The standard InChI is InChI=1S/C19H20N2O3/c1-13-4-3-5-14(2)19(13)23-9-8-18(22)24-12-15-6-7-17-16(10-15)11-20-21-17/h3-7,10-11H,8-9,12H2,1-2H3,(H,20,21). The molecule has 24 heavy (non-hydrogen) atoms. The monoisotopic (exact) mass is 324 g/mol. The highest BCUT2D eigenvalue weighted by atomic mass is 16.5. The van der Waals surface area contributed by atoms with Gasteiger partial charge >= 0.3 is 5.97 Å². The van der Waals surface area contributed by atoms with Gasteiger partial charge in [-0.2, -0.15) is 5.10 Å². The zero-order chi connectivity index (χ0) is 16.9. The molecule has 5 nitrogen and oxygen atoms in total. The molecule has 0 unspecified atom stereocenters. The van der Waals surface area contributed by atoms with E-state index < -0.39 is 0 Å². The van der Waals surface area contributed by atoms with Crippen LogP contribution in [-0.2, 0) is 16.1 Å². The maximum Gasteiger partial charge on any atom is 0.309 e. The number of nitrogens with one attached hydrogen (secondary N) is 1. The van der Waals surface area contributed by atoms with E-state index in [9.17, 15) is 4.79 Å². The Morgan fingerprint density at radius 2 is 1.96 bits per heavy atom. The van der Waals surface area contributed by atoms with Crippen molar-refractivity contribution in [2.24, 2.45) is 0 Å². The highest BCUT2D eigenvalue weighted by Gasteiger charge is 2.07. The molecule has 0 aliphatic heterocycles. The molecule has 0 saturated heterocycles. The minimum Gasteiger partial charge on any atom is -0.492 e. The van der Waals surface area contributed by atoms with E-state index >= 15 is 0 Å². The Hall–Kier alpha value is -2.82. The van der Waals surface area contributed by atoms with Crippen LogP contribution in [0, 0.1) is 13.8 Å². The number of ether oxygens (including phenoxy) is 2. The fourth-order valence-electron chi connectivity index (χ4n) is 2.58. The summed E-state index contributed by atoms with van der Waals surface area (Å²) in [6, 6.07) is 11.8. The maximum atomic E-state index is 11.9. The molecule has 1 aromatic heterocycles. The molecular weight excluding hydrogens is 304 g/mol. The molecule has 124 valence electrons. The zero-order valence-corrected chi connectivity index (χ0v) is 13.8. The molecule has 0 aliphatic carbocycles. The van der Waals surface area contributed by atoms with E-state index in [1.54, 1.807) is 6.20 Å². The number of hydrogen-bond acceptors (Lipinski definition) is 4. The number of esters is 1. The number of aryl methyl sites for hydroxylation is 2. The van der Waals surface area contributed by atoms with Gasteiger partial charge in [0.2, 0.25) is 0 Å². The summed E-state index contributed by atoms with van der Waals surface area (Å²) < 4.78 is 11.0. The first-order valence-corrected chi connectivity index (χ1v) is 7.90. The Morgan fingerprint density at radius 1 is 1.17 bits per heavy atom. The van der Waals surface area contributed by atoms with Crippen molar-refractivity contribution in [2.75, 3.05) is 6.61 Å². The van der Waals surface area contributed by atoms with Crippen LogP contribution in [-0.4, -0.2) is 22.8 Å². The van der Waals surface area contributed by atoms with Crippen molar-refractivity contribution in [3.05, 3.63) is 59.3 Å². The van der Waals surface area contributed by atoms with Gasteiger partial charge in [-0.15, -0.1) is 0 Å². The Kier molecular flexibility index (Phi) is 4.79. The van der Waals surface area contributed by atoms with Crippen LogP contribution in [0.3, 0.4) is 0 Å². The molecule has 1 heterocycles. The third kappa shape index (κ3) is 3.74. The summed E-state index contributed by atoms with van der Waals surface area (Å²) in [7, 11) is 0. The molecule has 1 N–H and O–H groups in total. The van der Waals surface area contributed by atoms with Crippen LogP contribution in [0.2, 0.25) is 0 Å². The quantitative estimate of drug-likeness (QED) is 0.702. The molecule has 0 radical (unpaired) electrons. The van der Waals surface area contributed by atoms with E-state index in [0.717, 1.165) is 33.3 Å². The van der Waals surface area contributed by atoms with Gasteiger partial charge in [0.25, 0.3) is 0 Å². The minimum absolute atomic E-state index is 0.224. The van der Waals surface area contributed by atoms with Crippen LogP contribution in [0.4, 0.5) is 0 Å². The molecule has 2 aromatic carbocycles.